The second-order valence-electron chi connectivity index (χ2n) is 4.47. The predicted octanol–water partition coefficient (Wildman–Crippen LogP) is 2.41. The largest absolute Gasteiger partial charge is 0.339 e. The lowest BCUT2D eigenvalue weighted by molar-refractivity contribution is 0.317. The molecule has 0 aromatic carbocycles. The summed E-state index contributed by atoms with van der Waals surface area (Å²) in [6.45, 7) is 13.4. The number of nitrogens with zero attached hydrogens (tertiary/aromatic N) is 3. The van der Waals surface area contributed by atoms with Crippen LogP contribution in [0.5, 0.6) is 0 Å². The average Bonchev–Trinajstić information content (AvgIpc) is 2.81. The second-order valence-corrected chi connectivity index (χ2v) is 4.47. The van der Waals surface area contributed by atoms with Crippen molar-refractivity contribution in [2.24, 2.45) is 0 Å². The van der Waals surface area contributed by atoms with Crippen molar-refractivity contribution in [1.29, 1.82) is 0 Å². The number of hydrogen-bond acceptors (Lipinski definition) is 5. The molecule has 2 unspecified atom stereocenters. The molecule has 104 valence electrons. The molecule has 0 bridgehead atoms. The van der Waals surface area contributed by atoms with Gasteiger partial charge >= 0.3 is 0 Å². The normalized spacial score (nSPS) is 14.5. The van der Waals surface area contributed by atoms with Crippen molar-refractivity contribution < 1.29 is 4.52 Å². The maximum atomic E-state index is 5.43. The highest BCUT2D eigenvalue weighted by Gasteiger charge is 2.23. The highest BCUT2D eigenvalue weighted by Crippen LogP contribution is 2.23. The number of anilines is 1. The van der Waals surface area contributed by atoms with E-state index in [0.717, 1.165) is 31.9 Å². The van der Waals surface area contributed by atoms with Gasteiger partial charge in [0.15, 0.2) is 0 Å². The Kier molecular flexibility index (Phi) is 6.12. The van der Waals surface area contributed by atoms with Gasteiger partial charge in [-0.1, -0.05) is 13.8 Å². The Morgan fingerprint density at radius 2 is 1.89 bits per heavy atom. The van der Waals surface area contributed by atoms with Gasteiger partial charge in [-0.2, -0.15) is 4.98 Å². The molecule has 0 radical (unpaired) electrons. The zero-order valence-corrected chi connectivity index (χ0v) is 12.2. The first-order chi connectivity index (χ1) is 8.67. The molecule has 1 aromatic heterocycles. The van der Waals surface area contributed by atoms with E-state index in [9.17, 15) is 0 Å². The lowest BCUT2D eigenvalue weighted by Gasteiger charge is -2.19. The summed E-state index contributed by atoms with van der Waals surface area (Å²) in [4.78, 5) is 6.63. The second kappa shape index (κ2) is 7.36. The fraction of sp³-hybridized carbons (Fsp3) is 0.846. The van der Waals surface area contributed by atoms with Crippen LogP contribution in [0.25, 0.3) is 0 Å². The van der Waals surface area contributed by atoms with Gasteiger partial charge in [0.2, 0.25) is 5.89 Å². The van der Waals surface area contributed by atoms with Gasteiger partial charge in [-0.3, -0.25) is 0 Å². The minimum Gasteiger partial charge on any atom is -0.339 e. The average molecular weight is 254 g/mol. The van der Waals surface area contributed by atoms with Gasteiger partial charge in [-0.25, -0.2) is 0 Å². The summed E-state index contributed by atoms with van der Waals surface area (Å²) in [5, 5.41) is 7.50. The molecular formula is C13H26N4O. The summed E-state index contributed by atoms with van der Waals surface area (Å²) in [5.41, 5.74) is 0. The molecule has 1 heterocycles. The fourth-order valence-corrected chi connectivity index (χ4v) is 2.22. The minimum absolute atomic E-state index is 0.279. The Labute approximate surface area is 110 Å². The summed E-state index contributed by atoms with van der Waals surface area (Å²) in [6.07, 6.45) is 0.994. The van der Waals surface area contributed by atoms with E-state index in [4.69, 9.17) is 4.52 Å². The Morgan fingerprint density at radius 3 is 2.39 bits per heavy atom. The van der Waals surface area contributed by atoms with Crippen molar-refractivity contribution in [3.05, 3.63) is 5.89 Å². The summed E-state index contributed by atoms with van der Waals surface area (Å²) in [6, 6.07) is 0.352. The molecule has 5 heteroatoms. The molecule has 2 atom stereocenters. The maximum absolute atomic E-state index is 5.43. The van der Waals surface area contributed by atoms with Crippen molar-refractivity contribution in [1.82, 2.24) is 15.5 Å². The highest BCUT2D eigenvalue weighted by molar-refractivity contribution is 5.27. The fourth-order valence-electron chi connectivity index (χ4n) is 2.22. The Morgan fingerprint density at radius 1 is 1.22 bits per heavy atom. The van der Waals surface area contributed by atoms with Gasteiger partial charge in [0, 0.05) is 19.1 Å². The topological polar surface area (TPSA) is 54.2 Å². The van der Waals surface area contributed by atoms with Crippen LogP contribution in [0.2, 0.25) is 0 Å². The summed E-state index contributed by atoms with van der Waals surface area (Å²) >= 11 is 0. The van der Waals surface area contributed by atoms with Crippen LogP contribution < -0.4 is 10.2 Å². The molecule has 0 aliphatic rings. The van der Waals surface area contributed by atoms with E-state index < -0.39 is 0 Å². The summed E-state index contributed by atoms with van der Waals surface area (Å²) in [7, 11) is 0. The zero-order valence-electron chi connectivity index (χ0n) is 12.2. The third-order valence-corrected chi connectivity index (χ3v) is 3.36. The van der Waals surface area contributed by atoms with E-state index in [0.29, 0.717) is 12.0 Å². The molecule has 1 aromatic rings. The molecule has 18 heavy (non-hydrogen) atoms. The van der Waals surface area contributed by atoms with E-state index in [2.05, 4.69) is 55.0 Å². The van der Waals surface area contributed by atoms with Gasteiger partial charge in [-0.15, -0.1) is 0 Å². The molecule has 1 N–H and O–H groups in total. The minimum atomic E-state index is 0.279. The van der Waals surface area contributed by atoms with Crippen LogP contribution in [-0.4, -0.2) is 35.8 Å². The van der Waals surface area contributed by atoms with Gasteiger partial charge in [0.25, 0.3) is 5.95 Å². The number of aromatic nitrogens is 2. The van der Waals surface area contributed by atoms with Crippen LogP contribution in [0.1, 0.15) is 52.8 Å². The molecule has 0 fully saturated rings. The van der Waals surface area contributed by atoms with Crippen LogP contribution in [0.4, 0.5) is 5.95 Å². The molecule has 5 nitrogen and oxygen atoms in total. The van der Waals surface area contributed by atoms with Crippen LogP contribution in [0, 0.1) is 0 Å². The van der Waals surface area contributed by atoms with Crippen LogP contribution in [-0.2, 0) is 0 Å². The molecule has 1 rings (SSSR count). The third kappa shape index (κ3) is 3.45. The van der Waals surface area contributed by atoms with Crippen molar-refractivity contribution in [3.63, 3.8) is 0 Å². The Bertz CT molecular complexity index is 335. The van der Waals surface area contributed by atoms with Gasteiger partial charge in [0.05, 0.1) is 5.92 Å². The lowest BCUT2D eigenvalue weighted by Crippen LogP contribution is -2.32. The van der Waals surface area contributed by atoms with Crippen molar-refractivity contribution in [2.45, 2.75) is 53.0 Å². The number of likely N-dealkylation sites (N-methyl/N-ethyl adjacent to an activating group) is 1. The molecule has 0 aliphatic heterocycles. The first-order valence-electron chi connectivity index (χ1n) is 6.99. The van der Waals surface area contributed by atoms with Crippen LogP contribution in [0.3, 0.4) is 0 Å². The van der Waals surface area contributed by atoms with Crippen molar-refractivity contribution >= 4 is 5.95 Å². The molecular weight excluding hydrogens is 228 g/mol. The van der Waals surface area contributed by atoms with E-state index in [1.54, 1.807) is 0 Å². The predicted molar refractivity (Wildman–Crippen MR) is 74.0 cm³/mol. The Balaban J connectivity index is 2.81. The third-order valence-electron chi connectivity index (χ3n) is 3.36. The van der Waals surface area contributed by atoms with E-state index >= 15 is 0 Å². The monoisotopic (exact) mass is 254 g/mol. The summed E-state index contributed by atoms with van der Waals surface area (Å²) < 4.78 is 5.43. The van der Waals surface area contributed by atoms with Gasteiger partial charge in [0.1, 0.15) is 0 Å². The standard InChI is InChI=1S/C13H26N4O/c1-6-11(10(5)14-7-2)12-15-13(16-18-12)17(8-3)9-4/h10-11,14H,6-9H2,1-5H3. The molecule has 0 spiro atoms. The SMILES string of the molecule is CCNC(C)C(CC)c1nc(N(CC)CC)no1. The van der Waals surface area contributed by atoms with E-state index in [1.807, 2.05) is 0 Å². The molecule has 0 saturated carbocycles. The van der Waals surface area contributed by atoms with Gasteiger partial charge in [-0.05, 0) is 38.9 Å². The molecule has 0 aliphatic carbocycles. The van der Waals surface area contributed by atoms with Gasteiger partial charge < -0.3 is 14.7 Å². The Hall–Kier alpha value is -1.10. The maximum Gasteiger partial charge on any atom is 0.266 e. The lowest BCUT2D eigenvalue weighted by atomic mass is 9.98. The smallest absolute Gasteiger partial charge is 0.266 e. The van der Waals surface area contributed by atoms with Crippen molar-refractivity contribution in [3.8, 4) is 0 Å². The quantitative estimate of drug-likeness (QED) is 0.772. The summed E-state index contributed by atoms with van der Waals surface area (Å²) in [5.74, 6) is 1.73. The molecule has 0 saturated heterocycles. The first-order valence-corrected chi connectivity index (χ1v) is 6.99. The van der Waals surface area contributed by atoms with Crippen molar-refractivity contribution in [2.75, 3.05) is 24.5 Å². The number of hydrogen-bond donors (Lipinski definition) is 1. The van der Waals surface area contributed by atoms with E-state index in [1.165, 1.54) is 0 Å². The highest BCUT2D eigenvalue weighted by atomic mass is 16.5. The zero-order chi connectivity index (χ0) is 13.5. The number of rotatable bonds is 8. The first kappa shape index (κ1) is 15.0. The number of nitrogens with one attached hydrogen (secondary N) is 1. The van der Waals surface area contributed by atoms with Crippen LogP contribution in [0.15, 0.2) is 4.52 Å². The molecule has 0 amide bonds. The van der Waals surface area contributed by atoms with Crippen LogP contribution >= 0.6 is 0 Å². The van der Waals surface area contributed by atoms with E-state index in [-0.39, 0.29) is 5.92 Å².